The van der Waals surface area contributed by atoms with E-state index in [4.69, 9.17) is 9.47 Å². The molecule has 0 aliphatic carbocycles. The first kappa shape index (κ1) is 22.7. The Hall–Kier alpha value is -2.54. The van der Waals surface area contributed by atoms with Gasteiger partial charge in [-0.1, -0.05) is 0 Å². The number of nitrogens with zero attached hydrogens (tertiary/aromatic N) is 3. The van der Waals surface area contributed by atoms with Crippen LogP contribution in [0.4, 0.5) is 23.8 Å². The van der Waals surface area contributed by atoms with Crippen LogP contribution in [-0.4, -0.2) is 49.0 Å². The molecule has 2 atom stereocenters. The maximum atomic E-state index is 13.1. The number of ether oxygens (including phenoxy) is 2. The second-order valence-corrected chi connectivity index (χ2v) is 7.79. The van der Waals surface area contributed by atoms with Gasteiger partial charge < -0.3 is 19.7 Å². The highest BCUT2D eigenvalue weighted by Crippen LogP contribution is 2.33. The summed E-state index contributed by atoms with van der Waals surface area (Å²) in [7, 11) is 1.56. The quantitative estimate of drug-likeness (QED) is 0.812. The van der Waals surface area contributed by atoms with Crippen molar-refractivity contribution in [1.82, 2.24) is 10.3 Å². The summed E-state index contributed by atoms with van der Waals surface area (Å²) in [6, 6.07) is 3.39. The zero-order chi connectivity index (χ0) is 21.8. The molecule has 2 heterocycles. The van der Waals surface area contributed by atoms with Gasteiger partial charge in [0, 0.05) is 20.2 Å². The van der Waals surface area contributed by atoms with Gasteiger partial charge in [-0.2, -0.15) is 18.4 Å². The first-order valence-electron chi connectivity index (χ1n) is 9.19. The van der Waals surface area contributed by atoms with Crippen molar-refractivity contribution in [3.05, 3.63) is 23.4 Å². The van der Waals surface area contributed by atoms with E-state index in [-0.39, 0.29) is 24.0 Å². The number of pyridine rings is 1. The zero-order valence-corrected chi connectivity index (χ0v) is 16.8. The van der Waals surface area contributed by atoms with E-state index in [1.807, 2.05) is 6.07 Å². The molecule has 7 nitrogen and oxygen atoms in total. The zero-order valence-electron chi connectivity index (χ0n) is 16.8. The third kappa shape index (κ3) is 6.22. The van der Waals surface area contributed by atoms with Crippen molar-refractivity contribution in [3.8, 4) is 6.07 Å². The van der Waals surface area contributed by atoms with Gasteiger partial charge in [0.15, 0.2) is 0 Å². The summed E-state index contributed by atoms with van der Waals surface area (Å²) in [5.41, 5.74) is -1.71. The normalized spacial score (nSPS) is 20.1. The lowest BCUT2D eigenvalue weighted by atomic mass is 9.98. The van der Waals surface area contributed by atoms with Gasteiger partial charge in [0.05, 0.1) is 17.7 Å². The summed E-state index contributed by atoms with van der Waals surface area (Å²) < 4.78 is 50.0. The molecule has 1 aromatic rings. The van der Waals surface area contributed by atoms with Crippen molar-refractivity contribution in [2.75, 3.05) is 25.1 Å². The van der Waals surface area contributed by atoms with Crippen LogP contribution in [0.1, 0.15) is 44.9 Å². The van der Waals surface area contributed by atoms with E-state index in [9.17, 15) is 23.2 Å². The molecule has 2 rings (SSSR count). The van der Waals surface area contributed by atoms with Gasteiger partial charge in [0.2, 0.25) is 0 Å². The lowest BCUT2D eigenvalue weighted by molar-refractivity contribution is -0.141. The highest BCUT2D eigenvalue weighted by atomic mass is 19.4. The number of rotatable bonds is 4. The van der Waals surface area contributed by atoms with Gasteiger partial charge in [-0.3, -0.25) is 0 Å². The predicted octanol–water partition coefficient (Wildman–Crippen LogP) is 3.48. The summed E-state index contributed by atoms with van der Waals surface area (Å²) in [6.07, 6.45) is -4.36. The van der Waals surface area contributed by atoms with Crippen molar-refractivity contribution in [1.29, 1.82) is 5.26 Å². The molecule has 10 heteroatoms. The third-order valence-corrected chi connectivity index (χ3v) is 4.44. The number of nitriles is 1. The van der Waals surface area contributed by atoms with Gasteiger partial charge in [-0.05, 0) is 45.7 Å². The van der Waals surface area contributed by atoms with Crippen molar-refractivity contribution >= 4 is 11.9 Å². The molecule has 0 saturated carbocycles. The number of hydrogen-bond donors (Lipinski definition) is 1. The minimum absolute atomic E-state index is 0.0381. The Morgan fingerprint density at radius 2 is 2.07 bits per heavy atom. The Kier molecular flexibility index (Phi) is 6.95. The Morgan fingerprint density at radius 1 is 1.38 bits per heavy atom. The maximum absolute atomic E-state index is 13.1. The number of methoxy groups -OCH3 is 1. The van der Waals surface area contributed by atoms with E-state index in [1.54, 1.807) is 32.8 Å². The van der Waals surface area contributed by atoms with Gasteiger partial charge in [0.1, 0.15) is 23.2 Å². The summed E-state index contributed by atoms with van der Waals surface area (Å²) >= 11 is 0. The van der Waals surface area contributed by atoms with Crippen molar-refractivity contribution < 1.29 is 27.4 Å². The smallest absolute Gasteiger partial charge is 0.433 e. The number of carbonyl (C=O) groups excluding carboxylic acids is 1. The van der Waals surface area contributed by atoms with Crippen LogP contribution in [-0.2, 0) is 15.7 Å². The molecule has 0 unspecified atom stereocenters. The van der Waals surface area contributed by atoms with Crippen LogP contribution < -0.4 is 10.2 Å². The van der Waals surface area contributed by atoms with Crippen LogP contribution in [0.25, 0.3) is 0 Å². The number of anilines is 1. The number of carbonyl (C=O) groups is 1. The molecule has 1 N–H and O–H groups in total. The highest BCUT2D eigenvalue weighted by molar-refractivity contribution is 5.68. The molecule has 0 spiro atoms. The summed E-state index contributed by atoms with van der Waals surface area (Å²) in [6.45, 7) is 5.63. The molecule has 1 saturated heterocycles. The fourth-order valence-corrected chi connectivity index (χ4v) is 3.13. The van der Waals surface area contributed by atoms with Gasteiger partial charge in [-0.15, -0.1) is 0 Å². The number of aromatic nitrogens is 1. The largest absolute Gasteiger partial charge is 0.444 e. The van der Waals surface area contributed by atoms with Crippen LogP contribution in [0, 0.1) is 11.3 Å². The van der Waals surface area contributed by atoms with E-state index >= 15 is 0 Å². The average Bonchev–Trinajstić information content (AvgIpc) is 2.63. The molecule has 160 valence electrons. The van der Waals surface area contributed by atoms with E-state index in [0.29, 0.717) is 19.4 Å². The van der Waals surface area contributed by atoms with Crippen LogP contribution in [0.5, 0.6) is 0 Å². The van der Waals surface area contributed by atoms with Crippen molar-refractivity contribution in [2.24, 2.45) is 0 Å². The van der Waals surface area contributed by atoms with Gasteiger partial charge in [-0.25, -0.2) is 9.78 Å². The number of alkyl halides is 3. The molecule has 1 amide bonds. The minimum atomic E-state index is -4.63. The third-order valence-electron chi connectivity index (χ3n) is 4.44. The number of nitrogens with one attached hydrogen (secondary N) is 1. The Bertz CT molecular complexity index is 771. The first-order valence-corrected chi connectivity index (χ1v) is 9.19. The Morgan fingerprint density at radius 3 is 2.62 bits per heavy atom. The molecule has 1 aliphatic heterocycles. The number of alkyl carbamates (subject to hydrolysis) is 1. The monoisotopic (exact) mass is 414 g/mol. The molecule has 0 aromatic carbocycles. The van der Waals surface area contributed by atoms with Gasteiger partial charge >= 0.3 is 12.3 Å². The molecule has 1 fully saturated rings. The van der Waals surface area contributed by atoms with Crippen LogP contribution in [0.2, 0.25) is 0 Å². The first-order chi connectivity index (χ1) is 13.4. The Labute approximate surface area is 167 Å². The second kappa shape index (κ2) is 8.86. The lowest BCUT2D eigenvalue weighted by Crippen LogP contribution is -2.51. The van der Waals surface area contributed by atoms with E-state index < -0.39 is 29.6 Å². The predicted molar refractivity (Wildman–Crippen MR) is 99.4 cm³/mol. The van der Waals surface area contributed by atoms with Crippen molar-refractivity contribution in [3.63, 3.8) is 0 Å². The summed E-state index contributed by atoms with van der Waals surface area (Å²) in [4.78, 5) is 17.3. The summed E-state index contributed by atoms with van der Waals surface area (Å²) in [5.74, 6) is -0.0483. The number of hydrogen-bond acceptors (Lipinski definition) is 6. The summed E-state index contributed by atoms with van der Waals surface area (Å²) in [5, 5.41) is 12.0. The lowest BCUT2D eigenvalue weighted by Gasteiger charge is -2.40. The van der Waals surface area contributed by atoms with E-state index in [1.165, 1.54) is 0 Å². The number of piperidine rings is 1. The maximum Gasteiger partial charge on any atom is 0.433 e. The van der Waals surface area contributed by atoms with Crippen LogP contribution in [0.15, 0.2) is 12.1 Å². The highest BCUT2D eigenvalue weighted by Gasteiger charge is 2.36. The number of amides is 1. The van der Waals surface area contributed by atoms with Crippen LogP contribution >= 0.6 is 0 Å². The molecule has 1 aliphatic rings. The van der Waals surface area contributed by atoms with E-state index in [0.717, 1.165) is 12.1 Å². The molecule has 0 bridgehead atoms. The average molecular weight is 414 g/mol. The fourth-order valence-electron chi connectivity index (χ4n) is 3.13. The standard InChI is InChI=1S/C19H25F3N4O3/c1-18(2,3)29-17(27)24-11-13-9-14(28-4)7-8-26(13)16-12(10-23)5-6-15(25-16)19(20,21)22/h5-6,13-14H,7-9,11H2,1-4H3,(H,24,27)/t13-,14-/m0/s1. The minimum Gasteiger partial charge on any atom is -0.444 e. The number of halogens is 3. The molecule has 1 aromatic heterocycles. The molecular formula is C19H25F3N4O3. The van der Waals surface area contributed by atoms with Crippen molar-refractivity contribution in [2.45, 2.75) is 57.5 Å². The second-order valence-electron chi connectivity index (χ2n) is 7.79. The van der Waals surface area contributed by atoms with Crippen LogP contribution in [0.3, 0.4) is 0 Å². The molecule has 0 radical (unpaired) electrons. The fraction of sp³-hybridized carbons (Fsp3) is 0.632. The molecule has 29 heavy (non-hydrogen) atoms. The topological polar surface area (TPSA) is 87.5 Å². The SMILES string of the molecule is CO[C@H]1CCN(c2nc(C(F)(F)F)ccc2C#N)[C@H](CNC(=O)OC(C)(C)C)C1. The van der Waals surface area contributed by atoms with Gasteiger partial charge in [0.25, 0.3) is 0 Å². The Balaban J connectivity index is 2.28. The molecular weight excluding hydrogens is 389 g/mol. The van der Waals surface area contributed by atoms with E-state index in [2.05, 4.69) is 10.3 Å².